The van der Waals surface area contributed by atoms with Crippen LogP contribution >= 0.6 is 0 Å². The van der Waals surface area contributed by atoms with Gasteiger partial charge < -0.3 is 14.5 Å². The van der Waals surface area contributed by atoms with Gasteiger partial charge in [0.15, 0.2) is 0 Å². The van der Waals surface area contributed by atoms with E-state index in [1.165, 1.54) is 12.5 Å². The molecule has 22 heavy (non-hydrogen) atoms. The highest BCUT2D eigenvalue weighted by Gasteiger charge is 2.15. The molecule has 0 saturated carbocycles. The number of para-hydroxylation sites is 2. The summed E-state index contributed by atoms with van der Waals surface area (Å²) in [5.41, 5.74) is 2.53. The molecule has 0 aliphatic heterocycles. The van der Waals surface area contributed by atoms with Gasteiger partial charge in [-0.2, -0.15) is 5.10 Å². The lowest BCUT2D eigenvalue weighted by molar-refractivity contribution is -0.136. The number of amides is 2. The Hall–Kier alpha value is -3.09. The van der Waals surface area contributed by atoms with Crippen LogP contribution in [-0.4, -0.2) is 24.6 Å². The van der Waals surface area contributed by atoms with Gasteiger partial charge >= 0.3 is 11.8 Å². The quantitative estimate of drug-likeness (QED) is 0.500. The minimum atomic E-state index is -0.894. The summed E-state index contributed by atoms with van der Waals surface area (Å²) in [6.45, 7) is 2.28. The minimum Gasteiger partial charge on any atom is -0.492 e. The Kier molecular flexibility index (Phi) is 5.31. The molecule has 2 rings (SSSR count). The lowest BCUT2D eigenvalue weighted by Gasteiger charge is -2.10. The van der Waals surface area contributed by atoms with Crippen LogP contribution in [0, 0.1) is 0 Å². The van der Waals surface area contributed by atoms with Crippen LogP contribution in [0.25, 0.3) is 0 Å². The molecule has 0 aliphatic carbocycles. The lowest BCUT2D eigenvalue weighted by Crippen LogP contribution is -2.32. The molecule has 1 aromatic carbocycles. The molecule has 2 aromatic rings. The fourth-order valence-corrected chi connectivity index (χ4v) is 1.60. The first kappa shape index (κ1) is 15.3. The van der Waals surface area contributed by atoms with E-state index in [0.29, 0.717) is 23.8 Å². The van der Waals surface area contributed by atoms with Gasteiger partial charge in [-0.25, -0.2) is 5.43 Å². The molecule has 7 heteroatoms. The molecular formula is C15H15N3O4. The Morgan fingerprint density at radius 3 is 2.77 bits per heavy atom. The number of nitrogens with zero attached hydrogens (tertiary/aromatic N) is 1. The molecule has 0 unspecified atom stereocenters. The van der Waals surface area contributed by atoms with Crippen molar-refractivity contribution in [2.75, 3.05) is 11.9 Å². The van der Waals surface area contributed by atoms with Crippen molar-refractivity contribution in [3.63, 3.8) is 0 Å². The third-order valence-corrected chi connectivity index (χ3v) is 2.54. The van der Waals surface area contributed by atoms with Crippen molar-refractivity contribution in [1.29, 1.82) is 0 Å². The Morgan fingerprint density at radius 2 is 2.05 bits per heavy atom. The minimum absolute atomic E-state index is 0.416. The monoisotopic (exact) mass is 301 g/mol. The van der Waals surface area contributed by atoms with Gasteiger partial charge in [-0.1, -0.05) is 12.1 Å². The summed E-state index contributed by atoms with van der Waals surface area (Å²) in [6, 6.07) is 10.2. The van der Waals surface area contributed by atoms with Gasteiger partial charge in [-0.05, 0) is 31.2 Å². The number of hydrogen-bond acceptors (Lipinski definition) is 5. The van der Waals surface area contributed by atoms with E-state index in [0.717, 1.165) is 0 Å². The lowest BCUT2D eigenvalue weighted by atomic mass is 10.3. The van der Waals surface area contributed by atoms with Crippen molar-refractivity contribution in [1.82, 2.24) is 5.43 Å². The fourth-order valence-electron chi connectivity index (χ4n) is 1.60. The maximum atomic E-state index is 11.8. The zero-order chi connectivity index (χ0) is 15.8. The van der Waals surface area contributed by atoms with Gasteiger partial charge in [0.25, 0.3) is 0 Å². The van der Waals surface area contributed by atoms with Gasteiger partial charge in [0.1, 0.15) is 11.5 Å². The molecule has 0 atom stereocenters. The van der Waals surface area contributed by atoms with Crippen LogP contribution in [0.5, 0.6) is 5.75 Å². The van der Waals surface area contributed by atoms with Gasteiger partial charge in [0.05, 0.1) is 24.8 Å². The van der Waals surface area contributed by atoms with Gasteiger partial charge in [0.2, 0.25) is 0 Å². The van der Waals surface area contributed by atoms with Crippen LogP contribution in [0.1, 0.15) is 12.7 Å². The summed E-state index contributed by atoms with van der Waals surface area (Å²) in [4.78, 5) is 23.4. The third-order valence-electron chi connectivity index (χ3n) is 2.54. The van der Waals surface area contributed by atoms with E-state index in [1.807, 2.05) is 6.92 Å². The molecule has 0 aliphatic rings. The molecule has 7 nitrogen and oxygen atoms in total. The maximum Gasteiger partial charge on any atom is 0.329 e. The van der Waals surface area contributed by atoms with E-state index < -0.39 is 11.8 Å². The van der Waals surface area contributed by atoms with Crippen molar-refractivity contribution >= 4 is 23.7 Å². The first-order chi connectivity index (χ1) is 10.7. The molecule has 1 aromatic heterocycles. The van der Waals surface area contributed by atoms with Crippen LogP contribution in [0.3, 0.4) is 0 Å². The van der Waals surface area contributed by atoms with Gasteiger partial charge in [-0.3, -0.25) is 9.59 Å². The summed E-state index contributed by atoms with van der Waals surface area (Å²) < 4.78 is 10.4. The van der Waals surface area contributed by atoms with E-state index in [4.69, 9.17) is 9.15 Å². The molecule has 114 valence electrons. The summed E-state index contributed by atoms with van der Waals surface area (Å²) in [6.07, 6.45) is 2.76. The average Bonchev–Trinajstić information content (AvgIpc) is 3.02. The first-order valence-corrected chi connectivity index (χ1v) is 6.60. The van der Waals surface area contributed by atoms with Crippen molar-refractivity contribution in [3.05, 3.63) is 48.4 Å². The van der Waals surface area contributed by atoms with Gasteiger partial charge in [0, 0.05) is 0 Å². The SMILES string of the molecule is CCOc1ccccc1NC(=O)C(=O)N/N=C/c1ccco1. The second-order valence-corrected chi connectivity index (χ2v) is 4.10. The number of hydrogen-bond donors (Lipinski definition) is 2. The average molecular weight is 301 g/mol. The molecule has 2 amide bonds. The van der Waals surface area contributed by atoms with Crippen molar-refractivity contribution in [2.24, 2.45) is 5.10 Å². The second-order valence-electron chi connectivity index (χ2n) is 4.10. The molecule has 0 saturated heterocycles. The number of nitrogens with one attached hydrogen (secondary N) is 2. The number of carbonyl (C=O) groups excluding carboxylic acids is 2. The molecule has 1 heterocycles. The summed E-state index contributed by atoms with van der Waals surface area (Å²) in [5, 5.41) is 6.09. The maximum absolute atomic E-state index is 11.8. The Bertz CT molecular complexity index is 665. The van der Waals surface area contributed by atoms with E-state index in [-0.39, 0.29) is 0 Å². The van der Waals surface area contributed by atoms with Crippen LogP contribution < -0.4 is 15.5 Å². The highest BCUT2D eigenvalue weighted by molar-refractivity contribution is 6.39. The topological polar surface area (TPSA) is 92.9 Å². The van der Waals surface area contributed by atoms with E-state index in [9.17, 15) is 9.59 Å². The second kappa shape index (κ2) is 7.63. The van der Waals surface area contributed by atoms with Crippen LogP contribution in [0.15, 0.2) is 52.2 Å². The molecule has 2 N–H and O–H groups in total. The van der Waals surface area contributed by atoms with E-state index >= 15 is 0 Å². The van der Waals surface area contributed by atoms with Crippen LogP contribution in [-0.2, 0) is 9.59 Å². The smallest absolute Gasteiger partial charge is 0.329 e. The number of hydrazone groups is 1. The largest absolute Gasteiger partial charge is 0.492 e. The molecule has 0 radical (unpaired) electrons. The predicted molar refractivity (Wildman–Crippen MR) is 80.7 cm³/mol. The van der Waals surface area contributed by atoms with Crippen molar-refractivity contribution < 1.29 is 18.7 Å². The number of benzene rings is 1. The van der Waals surface area contributed by atoms with Crippen LogP contribution in [0.4, 0.5) is 5.69 Å². The number of anilines is 1. The Balaban J connectivity index is 1.92. The highest BCUT2D eigenvalue weighted by atomic mass is 16.5. The first-order valence-electron chi connectivity index (χ1n) is 6.60. The molecule has 0 fully saturated rings. The molecule has 0 bridgehead atoms. The molecule has 0 spiro atoms. The number of rotatable bonds is 5. The normalized spacial score (nSPS) is 10.4. The highest BCUT2D eigenvalue weighted by Crippen LogP contribution is 2.23. The van der Waals surface area contributed by atoms with E-state index in [1.54, 1.807) is 36.4 Å². The Morgan fingerprint density at radius 1 is 1.23 bits per heavy atom. The fraction of sp³-hybridized carbons (Fsp3) is 0.133. The summed E-state index contributed by atoms with van der Waals surface area (Å²) in [5.74, 6) is -0.787. The van der Waals surface area contributed by atoms with Crippen LogP contribution in [0.2, 0.25) is 0 Å². The predicted octanol–water partition coefficient (Wildman–Crippen LogP) is 1.77. The van der Waals surface area contributed by atoms with Crippen molar-refractivity contribution in [2.45, 2.75) is 6.92 Å². The zero-order valence-electron chi connectivity index (χ0n) is 11.9. The summed E-state index contributed by atoms with van der Waals surface area (Å²) in [7, 11) is 0. The number of furan rings is 1. The number of ether oxygens (including phenoxy) is 1. The standard InChI is InChI=1S/C15H15N3O4/c1-2-21-13-8-4-3-7-12(13)17-14(19)15(20)18-16-10-11-6-5-9-22-11/h3-10H,2H2,1H3,(H,17,19)(H,18,20)/b16-10+. The number of carbonyl (C=O) groups is 2. The van der Waals surface area contributed by atoms with E-state index in [2.05, 4.69) is 15.8 Å². The summed E-state index contributed by atoms with van der Waals surface area (Å²) >= 11 is 0. The zero-order valence-corrected chi connectivity index (χ0v) is 11.9. The Labute approximate surface area is 127 Å². The van der Waals surface area contributed by atoms with Gasteiger partial charge in [-0.15, -0.1) is 0 Å². The third kappa shape index (κ3) is 4.20. The van der Waals surface area contributed by atoms with Crippen molar-refractivity contribution in [3.8, 4) is 5.75 Å². The molecular weight excluding hydrogens is 286 g/mol.